The van der Waals surface area contributed by atoms with Crippen molar-refractivity contribution in [1.82, 2.24) is 20.2 Å². The topological polar surface area (TPSA) is 119 Å². The van der Waals surface area contributed by atoms with Crippen molar-refractivity contribution in [3.63, 3.8) is 0 Å². The van der Waals surface area contributed by atoms with E-state index in [9.17, 15) is 19.2 Å². The van der Waals surface area contributed by atoms with Gasteiger partial charge in [-0.15, -0.1) is 0 Å². The largest absolute Gasteiger partial charge is 0.469 e. The number of fused-ring (bicyclic) bond motifs is 1. The third-order valence-electron chi connectivity index (χ3n) is 4.05. The summed E-state index contributed by atoms with van der Waals surface area (Å²) in [4.78, 5) is 52.8. The molecular weight excluding hydrogens is 396 g/mol. The lowest BCUT2D eigenvalue weighted by atomic mass is 10.2. The molecule has 0 aliphatic rings. The molecule has 0 aliphatic carbocycles. The predicted octanol–water partition coefficient (Wildman–Crippen LogP) is 0.693. The fourth-order valence-electron chi connectivity index (χ4n) is 2.57. The van der Waals surface area contributed by atoms with Crippen LogP contribution in [0.5, 0.6) is 0 Å². The highest BCUT2D eigenvalue weighted by Crippen LogP contribution is 2.18. The Bertz CT molecular complexity index is 959. The van der Waals surface area contributed by atoms with Crippen LogP contribution in [-0.4, -0.2) is 52.8 Å². The second-order valence-electron chi connectivity index (χ2n) is 6.17. The maximum atomic E-state index is 12.8. The first kappa shape index (κ1) is 22.4. The number of carbonyl (C=O) groups excluding carboxylic acids is 3. The van der Waals surface area contributed by atoms with E-state index in [4.69, 9.17) is 0 Å². The van der Waals surface area contributed by atoms with Crippen LogP contribution < -0.4 is 16.2 Å². The van der Waals surface area contributed by atoms with E-state index in [0.29, 0.717) is 22.6 Å². The lowest BCUT2D eigenvalue weighted by Crippen LogP contribution is -2.45. The molecule has 0 spiro atoms. The van der Waals surface area contributed by atoms with Crippen LogP contribution >= 0.6 is 11.8 Å². The molecule has 0 aliphatic heterocycles. The van der Waals surface area contributed by atoms with E-state index in [1.807, 2.05) is 0 Å². The van der Waals surface area contributed by atoms with Gasteiger partial charge in [-0.05, 0) is 26.0 Å². The summed E-state index contributed by atoms with van der Waals surface area (Å²) in [5.74, 6) is -1.12. The molecule has 1 aromatic carbocycles. The smallest absolute Gasteiger partial charge is 0.307 e. The number of nitrogens with zero attached hydrogens (tertiary/aromatic N) is 2. The molecule has 2 rings (SSSR count). The van der Waals surface area contributed by atoms with Gasteiger partial charge >= 0.3 is 5.97 Å². The summed E-state index contributed by atoms with van der Waals surface area (Å²) < 4.78 is 6.01. The molecule has 1 aromatic heterocycles. The number of ether oxygens (including phenoxy) is 1. The van der Waals surface area contributed by atoms with Crippen LogP contribution in [0.15, 0.2) is 34.2 Å². The summed E-state index contributed by atoms with van der Waals surface area (Å²) in [5, 5.41) is 5.98. The molecule has 0 fully saturated rings. The van der Waals surface area contributed by atoms with Crippen LogP contribution in [0.1, 0.15) is 20.3 Å². The number of amides is 2. The van der Waals surface area contributed by atoms with Gasteiger partial charge in [-0.25, -0.2) is 4.98 Å². The number of rotatable bonds is 9. The van der Waals surface area contributed by atoms with Gasteiger partial charge in [-0.2, -0.15) is 0 Å². The Labute approximate surface area is 172 Å². The molecule has 156 valence electrons. The SMILES string of the molecule is CCNC(=O)[C@H](C)NC(=O)CSc1nc2ccccc2c(=O)n1CCC(=O)OC. The Kier molecular flexibility index (Phi) is 8.20. The van der Waals surface area contributed by atoms with Gasteiger partial charge in [0.1, 0.15) is 6.04 Å². The third kappa shape index (κ3) is 6.05. The van der Waals surface area contributed by atoms with E-state index in [1.165, 1.54) is 11.7 Å². The lowest BCUT2D eigenvalue weighted by molar-refractivity contribution is -0.140. The van der Waals surface area contributed by atoms with E-state index >= 15 is 0 Å². The van der Waals surface area contributed by atoms with Crippen LogP contribution in [-0.2, 0) is 25.7 Å². The van der Waals surface area contributed by atoms with Gasteiger partial charge in [0, 0.05) is 13.1 Å². The lowest BCUT2D eigenvalue weighted by Gasteiger charge is -2.15. The Hall–Kier alpha value is -2.88. The molecule has 0 saturated heterocycles. The Morgan fingerprint density at radius 3 is 2.69 bits per heavy atom. The van der Waals surface area contributed by atoms with E-state index in [2.05, 4.69) is 20.4 Å². The summed E-state index contributed by atoms with van der Waals surface area (Å²) in [6.45, 7) is 3.94. The van der Waals surface area contributed by atoms with Crippen molar-refractivity contribution in [2.75, 3.05) is 19.4 Å². The van der Waals surface area contributed by atoms with Gasteiger partial charge in [-0.1, -0.05) is 23.9 Å². The average Bonchev–Trinajstić information content (AvgIpc) is 2.71. The highest BCUT2D eigenvalue weighted by Gasteiger charge is 2.17. The zero-order chi connectivity index (χ0) is 21.4. The summed E-state index contributed by atoms with van der Waals surface area (Å²) >= 11 is 1.07. The Balaban J connectivity index is 2.19. The van der Waals surface area contributed by atoms with Crippen molar-refractivity contribution in [3.05, 3.63) is 34.6 Å². The summed E-state index contributed by atoms with van der Waals surface area (Å²) in [6.07, 6.45) is 0.00437. The molecule has 1 atom stereocenters. The number of thioether (sulfide) groups is 1. The van der Waals surface area contributed by atoms with Crippen LogP contribution in [0.3, 0.4) is 0 Å². The molecule has 9 nitrogen and oxygen atoms in total. The van der Waals surface area contributed by atoms with Crippen LogP contribution in [0.25, 0.3) is 10.9 Å². The van der Waals surface area contributed by atoms with Crippen molar-refractivity contribution in [1.29, 1.82) is 0 Å². The minimum atomic E-state index is -0.672. The zero-order valence-corrected chi connectivity index (χ0v) is 17.4. The van der Waals surface area contributed by atoms with E-state index in [1.54, 1.807) is 38.1 Å². The number of hydrogen-bond donors (Lipinski definition) is 2. The molecule has 10 heteroatoms. The van der Waals surface area contributed by atoms with Gasteiger partial charge in [0.2, 0.25) is 11.8 Å². The summed E-state index contributed by atoms with van der Waals surface area (Å²) in [5.41, 5.74) is 0.212. The summed E-state index contributed by atoms with van der Waals surface area (Å²) in [7, 11) is 1.28. The maximum Gasteiger partial charge on any atom is 0.307 e. The number of esters is 1. The second kappa shape index (κ2) is 10.6. The van der Waals surface area contributed by atoms with E-state index in [0.717, 1.165) is 11.8 Å². The number of likely N-dealkylation sites (N-methyl/N-ethyl adjacent to an activating group) is 1. The van der Waals surface area contributed by atoms with Crippen molar-refractivity contribution >= 4 is 40.4 Å². The van der Waals surface area contributed by atoms with Crippen molar-refractivity contribution in [3.8, 4) is 0 Å². The molecule has 2 N–H and O–H groups in total. The number of benzene rings is 1. The molecule has 0 unspecified atom stereocenters. The number of aromatic nitrogens is 2. The van der Waals surface area contributed by atoms with Gasteiger partial charge in [0.05, 0.1) is 30.2 Å². The highest BCUT2D eigenvalue weighted by atomic mass is 32.2. The number of nitrogens with one attached hydrogen (secondary N) is 2. The highest BCUT2D eigenvalue weighted by molar-refractivity contribution is 7.99. The van der Waals surface area contributed by atoms with Gasteiger partial charge in [-0.3, -0.25) is 23.7 Å². The minimum Gasteiger partial charge on any atom is -0.469 e. The van der Waals surface area contributed by atoms with Gasteiger partial charge in [0.15, 0.2) is 5.16 Å². The van der Waals surface area contributed by atoms with Gasteiger partial charge < -0.3 is 15.4 Å². The predicted molar refractivity (Wildman–Crippen MR) is 110 cm³/mol. The number of para-hydroxylation sites is 1. The van der Waals surface area contributed by atoms with E-state index in [-0.39, 0.29) is 36.1 Å². The van der Waals surface area contributed by atoms with Crippen LogP contribution in [0.4, 0.5) is 0 Å². The monoisotopic (exact) mass is 420 g/mol. The second-order valence-corrected chi connectivity index (χ2v) is 7.11. The molecule has 2 amide bonds. The number of hydrogen-bond acceptors (Lipinski definition) is 7. The molecule has 1 heterocycles. The fourth-order valence-corrected chi connectivity index (χ4v) is 3.40. The van der Waals surface area contributed by atoms with Crippen LogP contribution in [0.2, 0.25) is 0 Å². The average molecular weight is 420 g/mol. The van der Waals surface area contributed by atoms with Crippen molar-refractivity contribution < 1.29 is 19.1 Å². The zero-order valence-electron chi connectivity index (χ0n) is 16.6. The van der Waals surface area contributed by atoms with Crippen LogP contribution in [0, 0.1) is 0 Å². The third-order valence-corrected chi connectivity index (χ3v) is 5.02. The molecule has 2 aromatic rings. The molecule has 0 radical (unpaired) electrons. The Morgan fingerprint density at radius 1 is 1.28 bits per heavy atom. The standard InChI is InChI=1S/C19H24N4O5S/c1-4-20-17(26)12(2)21-15(24)11-29-19-22-14-8-6-5-7-13(14)18(27)23(19)10-9-16(25)28-3/h5-8,12H,4,9-11H2,1-3H3,(H,20,26)(H,21,24)/t12-/m0/s1. The Morgan fingerprint density at radius 2 is 2.00 bits per heavy atom. The first-order valence-electron chi connectivity index (χ1n) is 9.13. The fraction of sp³-hybridized carbons (Fsp3) is 0.421. The molecular formula is C19H24N4O5S. The first-order chi connectivity index (χ1) is 13.9. The quantitative estimate of drug-likeness (QED) is 0.348. The molecule has 29 heavy (non-hydrogen) atoms. The van der Waals surface area contributed by atoms with Crippen molar-refractivity contribution in [2.24, 2.45) is 0 Å². The van der Waals surface area contributed by atoms with E-state index < -0.39 is 12.0 Å². The van der Waals surface area contributed by atoms with Gasteiger partial charge in [0.25, 0.3) is 5.56 Å². The minimum absolute atomic E-state index is 0.00437. The number of methoxy groups -OCH3 is 1. The summed E-state index contributed by atoms with van der Waals surface area (Å²) in [6, 6.07) is 6.20. The maximum absolute atomic E-state index is 12.8. The molecule has 0 saturated carbocycles. The number of carbonyl (C=O) groups is 3. The first-order valence-corrected chi connectivity index (χ1v) is 10.1. The normalized spacial score (nSPS) is 11.7. The molecule has 0 bridgehead atoms. The van der Waals surface area contributed by atoms with Crippen molar-refractivity contribution in [2.45, 2.75) is 38.0 Å².